The minimum Gasteiger partial charge on any atom is -0.324 e. The normalized spacial score (nSPS) is 19.5. The van der Waals surface area contributed by atoms with Crippen LogP contribution in [0, 0.1) is 12.8 Å². The summed E-state index contributed by atoms with van der Waals surface area (Å²) in [5.41, 5.74) is 7.66. The Labute approximate surface area is 117 Å². The summed E-state index contributed by atoms with van der Waals surface area (Å²) in [5, 5.41) is 0. The van der Waals surface area contributed by atoms with Gasteiger partial charge in [-0.15, -0.1) is 11.3 Å². The van der Waals surface area contributed by atoms with Crippen molar-refractivity contribution < 1.29 is 0 Å². The highest BCUT2D eigenvalue weighted by atomic mass is 79.9. The summed E-state index contributed by atoms with van der Waals surface area (Å²) < 4.78 is 1.21. The Bertz CT molecular complexity index is 355. The molecular weight excluding hydrogens is 294 g/mol. The highest BCUT2D eigenvalue weighted by molar-refractivity contribution is 9.11. The molecule has 3 heteroatoms. The summed E-state index contributed by atoms with van der Waals surface area (Å²) >= 11 is 5.34. The van der Waals surface area contributed by atoms with E-state index in [0.29, 0.717) is 0 Å². The van der Waals surface area contributed by atoms with E-state index < -0.39 is 0 Å². The highest BCUT2D eigenvalue weighted by Crippen LogP contribution is 2.34. The second-order valence-corrected chi connectivity index (χ2v) is 7.89. The topological polar surface area (TPSA) is 26.0 Å². The van der Waals surface area contributed by atoms with Crippen LogP contribution in [0.25, 0.3) is 0 Å². The number of rotatable bonds is 4. The van der Waals surface area contributed by atoms with Crippen molar-refractivity contribution in [2.24, 2.45) is 11.7 Å². The third-order valence-corrected chi connectivity index (χ3v) is 5.51. The Morgan fingerprint density at radius 2 is 2.12 bits per heavy atom. The van der Waals surface area contributed by atoms with Gasteiger partial charge in [0.05, 0.1) is 3.79 Å². The van der Waals surface area contributed by atoms with Gasteiger partial charge in [0.15, 0.2) is 0 Å². The van der Waals surface area contributed by atoms with Gasteiger partial charge >= 0.3 is 0 Å². The molecule has 0 amide bonds. The third kappa shape index (κ3) is 3.80. The van der Waals surface area contributed by atoms with Gasteiger partial charge in [0.25, 0.3) is 0 Å². The molecule has 17 heavy (non-hydrogen) atoms. The van der Waals surface area contributed by atoms with Gasteiger partial charge in [-0.05, 0) is 53.2 Å². The fourth-order valence-electron chi connectivity index (χ4n) is 2.87. The second-order valence-electron chi connectivity index (χ2n) is 5.25. The maximum Gasteiger partial charge on any atom is 0.0704 e. The molecule has 0 spiro atoms. The Balaban J connectivity index is 1.84. The molecule has 1 aliphatic carbocycles. The van der Waals surface area contributed by atoms with E-state index in [1.807, 2.05) is 0 Å². The summed E-state index contributed by atoms with van der Waals surface area (Å²) in [5.74, 6) is 0.942. The Morgan fingerprint density at radius 1 is 1.41 bits per heavy atom. The van der Waals surface area contributed by atoms with Gasteiger partial charge in [-0.25, -0.2) is 0 Å². The molecule has 1 aromatic rings. The molecule has 1 aliphatic rings. The summed E-state index contributed by atoms with van der Waals surface area (Å²) in [6.07, 6.45) is 9.63. The van der Waals surface area contributed by atoms with Crippen molar-refractivity contribution in [2.45, 2.75) is 57.9 Å². The van der Waals surface area contributed by atoms with Crippen LogP contribution in [0.2, 0.25) is 0 Å². The molecule has 0 saturated heterocycles. The lowest BCUT2D eigenvalue weighted by molar-refractivity contribution is 0.324. The van der Waals surface area contributed by atoms with E-state index in [1.54, 1.807) is 11.3 Å². The van der Waals surface area contributed by atoms with Crippen LogP contribution in [0.4, 0.5) is 0 Å². The van der Waals surface area contributed by atoms with Crippen molar-refractivity contribution in [2.75, 3.05) is 0 Å². The van der Waals surface area contributed by atoms with Gasteiger partial charge in [0.1, 0.15) is 0 Å². The van der Waals surface area contributed by atoms with Crippen LogP contribution < -0.4 is 5.73 Å². The van der Waals surface area contributed by atoms with Crippen molar-refractivity contribution in [3.63, 3.8) is 0 Å². The Kier molecular flexibility index (Phi) is 5.07. The first-order valence-corrected chi connectivity index (χ1v) is 8.29. The molecule has 2 rings (SSSR count). The monoisotopic (exact) mass is 315 g/mol. The van der Waals surface area contributed by atoms with Crippen LogP contribution >= 0.6 is 27.3 Å². The first-order valence-electron chi connectivity index (χ1n) is 6.68. The molecule has 1 nitrogen and oxygen atoms in total. The lowest BCUT2D eigenvalue weighted by atomic mass is 9.84. The molecule has 0 radical (unpaired) electrons. The van der Waals surface area contributed by atoms with Gasteiger partial charge in [-0.3, -0.25) is 0 Å². The van der Waals surface area contributed by atoms with Crippen molar-refractivity contribution >= 4 is 27.3 Å². The molecular formula is C14H22BrNS. The SMILES string of the molecule is Cc1sc(Br)cc1C(N)CCC1CCCCC1. The van der Waals surface area contributed by atoms with Gasteiger partial charge < -0.3 is 5.73 Å². The summed E-state index contributed by atoms with van der Waals surface area (Å²) in [4.78, 5) is 1.37. The molecule has 1 heterocycles. The third-order valence-electron chi connectivity index (χ3n) is 3.94. The second kappa shape index (κ2) is 6.35. The molecule has 0 bridgehead atoms. The molecule has 2 N–H and O–H groups in total. The summed E-state index contributed by atoms with van der Waals surface area (Å²) in [7, 11) is 0. The number of halogens is 1. The summed E-state index contributed by atoms with van der Waals surface area (Å²) in [6.45, 7) is 2.17. The zero-order valence-electron chi connectivity index (χ0n) is 10.5. The fourth-order valence-corrected chi connectivity index (χ4v) is 4.65. The Hall–Kier alpha value is 0.140. The number of hydrogen-bond acceptors (Lipinski definition) is 2. The molecule has 1 unspecified atom stereocenters. The van der Waals surface area contributed by atoms with E-state index in [4.69, 9.17) is 5.73 Å². The predicted molar refractivity (Wildman–Crippen MR) is 79.5 cm³/mol. The molecule has 1 aromatic heterocycles. The van der Waals surface area contributed by atoms with E-state index in [0.717, 1.165) is 12.3 Å². The lowest BCUT2D eigenvalue weighted by Crippen LogP contribution is -2.14. The number of aryl methyl sites for hydroxylation is 1. The molecule has 1 saturated carbocycles. The molecule has 0 aromatic carbocycles. The van der Waals surface area contributed by atoms with Crippen molar-refractivity contribution in [1.29, 1.82) is 0 Å². The zero-order chi connectivity index (χ0) is 12.3. The fraction of sp³-hybridized carbons (Fsp3) is 0.714. The van der Waals surface area contributed by atoms with Crippen LogP contribution in [0.15, 0.2) is 9.85 Å². The van der Waals surface area contributed by atoms with E-state index in [-0.39, 0.29) is 6.04 Å². The minimum absolute atomic E-state index is 0.236. The predicted octanol–water partition coefficient (Wildman–Crippen LogP) is 5.18. The molecule has 1 atom stereocenters. The quantitative estimate of drug-likeness (QED) is 0.814. The van der Waals surface area contributed by atoms with Gasteiger partial charge in [-0.1, -0.05) is 32.1 Å². The van der Waals surface area contributed by atoms with Crippen LogP contribution in [0.1, 0.15) is 61.4 Å². The number of thiophene rings is 1. The van der Waals surface area contributed by atoms with E-state index in [2.05, 4.69) is 28.9 Å². The lowest BCUT2D eigenvalue weighted by Gasteiger charge is -2.23. The van der Waals surface area contributed by atoms with E-state index >= 15 is 0 Å². The molecule has 0 aliphatic heterocycles. The number of hydrogen-bond donors (Lipinski definition) is 1. The van der Waals surface area contributed by atoms with Crippen molar-refractivity contribution in [3.8, 4) is 0 Å². The standard InChI is InChI=1S/C14H22BrNS/c1-10-12(9-14(15)17-10)13(16)8-7-11-5-3-2-4-6-11/h9,11,13H,2-8,16H2,1H3. The zero-order valence-corrected chi connectivity index (χ0v) is 12.9. The van der Waals surface area contributed by atoms with Crippen LogP contribution in [0.5, 0.6) is 0 Å². The van der Waals surface area contributed by atoms with E-state index in [1.165, 1.54) is 52.8 Å². The molecule has 1 fully saturated rings. The Morgan fingerprint density at radius 3 is 2.71 bits per heavy atom. The average molecular weight is 316 g/mol. The van der Waals surface area contributed by atoms with Crippen LogP contribution in [0.3, 0.4) is 0 Å². The van der Waals surface area contributed by atoms with Crippen molar-refractivity contribution in [1.82, 2.24) is 0 Å². The smallest absolute Gasteiger partial charge is 0.0704 e. The molecule has 96 valence electrons. The van der Waals surface area contributed by atoms with Crippen molar-refractivity contribution in [3.05, 3.63) is 20.3 Å². The van der Waals surface area contributed by atoms with Gasteiger partial charge in [0.2, 0.25) is 0 Å². The van der Waals surface area contributed by atoms with Crippen LogP contribution in [-0.2, 0) is 0 Å². The van der Waals surface area contributed by atoms with Crippen LogP contribution in [-0.4, -0.2) is 0 Å². The van der Waals surface area contributed by atoms with Gasteiger partial charge in [0, 0.05) is 10.9 Å². The van der Waals surface area contributed by atoms with E-state index in [9.17, 15) is 0 Å². The minimum atomic E-state index is 0.236. The number of nitrogens with two attached hydrogens (primary N) is 1. The largest absolute Gasteiger partial charge is 0.324 e. The summed E-state index contributed by atoms with van der Waals surface area (Å²) in [6, 6.07) is 2.44. The first kappa shape index (κ1) is 13.6. The van der Waals surface area contributed by atoms with Gasteiger partial charge in [-0.2, -0.15) is 0 Å². The first-order chi connectivity index (χ1) is 8.16. The highest BCUT2D eigenvalue weighted by Gasteiger charge is 2.17. The average Bonchev–Trinajstić information content (AvgIpc) is 2.67. The maximum atomic E-state index is 6.31. The maximum absolute atomic E-state index is 6.31.